The number of rotatable bonds is 4. The molecule has 1 N–H and O–H groups in total. The van der Waals surface area contributed by atoms with Crippen LogP contribution in [0.3, 0.4) is 0 Å². The van der Waals surface area contributed by atoms with Gasteiger partial charge in [0.15, 0.2) is 0 Å². The predicted octanol–water partition coefficient (Wildman–Crippen LogP) is 3.78. The molecule has 1 aromatic heterocycles. The van der Waals surface area contributed by atoms with E-state index < -0.39 is 0 Å². The first kappa shape index (κ1) is 18.0. The van der Waals surface area contributed by atoms with E-state index >= 15 is 0 Å². The first-order chi connectivity index (χ1) is 13.7. The first-order valence-corrected chi connectivity index (χ1v) is 9.12. The molecule has 6 nitrogen and oxygen atoms in total. The fraction of sp³-hybridized carbons (Fsp3) is 0.182. The second-order valence-electron chi connectivity index (χ2n) is 6.53. The maximum atomic E-state index is 9.09. The van der Waals surface area contributed by atoms with Crippen LogP contribution in [0.1, 0.15) is 11.1 Å². The molecule has 1 fully saturated rings. The lowest BCUT2D eigenvalue weighted by molar-refractivity contribution is 0.122. The molecule has 1 saturated heterocycles. The summed E-state index contributed by atoms with van der Waals surface area (Å²) in [7, 11) is 0. The van der Waals surface area contributed by atoms with Gasteiger partial charge in [-0.05, 0) is 48.9 Å². The molecule has 0 spiro atoms. The average molecular weight is 370 g/mol. The minimum absolute atomic E-state index is 0.499. The molecule has 0 aliphatic carbocycles. The van der Waals surface area contributed by atoms with Crippen LogP contribution in [0, 0.1) is 18.3 Å². The SMILES string of the molecule is [CH2]c1cc(Nc2nccc(-c3cccc(C#N)c3)n2)ccc1N1CCOCC1. The highest BCUT2D eigenvalue weighted by molar-refractivity contribution is 5.67. The zero-order chi connectivity index (χ0) is 19.3. The normalized spacial score (nSPS) is 13.8. The van der Waals surface area contributed by atoms with Crippen LogP contribution in [0.4, 0.5) is 17.3 Å². The van der Waals surface area contributed by atoms with Gasteiger partial charge in [0.2, 0.25) is 5.95 Å². The zero-order valence-electron chi connectivity index (χ0n) is 15.4. The van der Waals surface area contributed by atoms with Gasteiger partial charge in [-0.1, -0.05) is 12.1 Å². The largest absolute Gasteiger partial charge is 0.378 e. The molecule has 1 aliphatic rings. The molecule has 1 radical (unpaired) electrons. The van der Waals surface area contributed by atoms with E-state index in [4.69, 9.17) is 10.00 Å². The van der Waals surface area contributed by atoms with Gasteiger partial charge in [0, 0.05) is 36.2 Å². The Hall–Kier alpha value is -3.43. The Kier molecular flexibility index (Phi) is 5.18. The Morgan fingerprint density at radius 1 is 1.11 bits per heavy atom. The number of morpholine rings is 1. The first-order valence-electron chi connectivity index (χ1n) is 9.12. The molecule has 2 aromatic carbocycles. The number of nitrogens with zero attached hydrogens (tertiary/aromatic N) is 4. The Morgan fingerprint density at radius 3 is 2.75 bits per heavy atom. The van der Waals surface area contributed by atoms with Crippen molar-refractivity contribution in [3.8, 4) is 17.3 Å². The van der Waals surface area contributed by atoms with Crippen LogP contribution in [0.25, 0.3) is 11.3 Å². The van der Waals surface area contributed by atoms with Crippen LogP contribution in [-0.2, 0) is 4.74 Å². The van der Waals surface area contributed by atoms with E-state index in [0.29, 0.717) is 11.5 Å². The summed E-state index contributed by atoms with van der Waals surface area (Å²) in [5.41, 5.74) is 5.19. The van der Waals surface area contributed by atoms with Gasteiger partial charge < -0.3 is 15.0 Å². The van der Waals surface area contributed by atoms with Gasteiger partial charge in [0.25, 0.3) is 0 Å². The van der Waals surface area contributed by atoms with Gasteiger partial charge in [0.05, 0.1) is 30.5 Å². The monoisotopic (exact) mass is 370 g/mol. The number of benzene rings is 2. The fourth-order valence-electron chi connectivity index (χ4n) is 3.23. The van der Waals surface area contributed by atoms with Crippen molar-refractivity contribution >= 4 is 17.3 Å². The number of hydrogen-bond acceptors (Lipinski definition) is 6. The molecule has 0 unspecified atom stereocenters. The van der Waals surface area contributed by atoms with Crippen molar-refractivity contribution in [1.82, 2.24) is 9.97 Å². The molecule has 0 saturated carbocycles. The van der Waals surface area contributed by atoms with E-state index in [9.17, 15) is 0 Å². The quantitative estimate of drug-likeness (QED) is 0.753. The van der Waals surface area contributed by atoms with Gasteiger partial charge in [-0.15, -0.1) is 0 Å². The van der Waals surface area contributed by atoms with Crippen LogP contribution in [-0.4, -0.2) is 36.3 Å². The molecule has 2 heterocycles. The van der Waals surface area contributed by atoms with Crippen molar-refractivity contribution in [3.63, 3.8) is 0 Å². The van der Waals surface area contributed by atoms with Crippen molar-refractivity contribution in [2.24, 2.45) is 0 Å². The summed E-state index contributed by atoms with van der Waals surface area (Å²) in [6.07, 6.45) is 1.71. The number of nitriles is 1. The minimum atomic E-state index is 0.499. The van der Waals surface area contributed by atoms with Crippen LogP contribution >= 0.6 is 0 Å². The molecule has 0 amide bonds. The molecule has 28 heavy (non-hydrogen) atoms. The topological polar surface area (TPSA) is 74.1 Å². The van der Waals surface area contributed by atoms with Gasteiger partial charge in [-0.3, -0.25) is 0 Å². The molecular weight excluding hydrogens is 350 g/mol. The Bertz CT molecular complexity index is 1020. The third kappa shape index (κ3) is 3.95. The van der Waals surface area contributed by atoms with Crippen molar-refractivity contribution in [1.29, 1.82) is 5.26 Å². The lowest BCUT2D eigenvalue weighted by atomic mass is 10.1. The van der Waals surface area contributed by atoms with Crippen molar-refractivity contribution in [2.75, 3.05) is 36.5 Å². The number of ether oxygens (including phenoxy) is 1. The van der Waals surface area contributed by atoms with Gasteiger partial charge in [-0.2, -0.15) is 5.26 Å². The highest BCUT2D eigenvalue weighted by Crippen LogP contribution is 2.26. The lowest BCUT2D eigenvalue weighted by Crippen LogP contribution is -2.36. The summed E-state index contributed by atoms with van der Waals surface area (Å²) in [4.78, 5) is 11.2. The number of nitrogens with one attached hydrogen (secondary N) is 1. The van der Waals surface area contributed by atoms with E-state index in [1.807, 2.05) is 36.4 Å². The molecule has 3 aromatic rings. The van der Waals surface area contributed by atoms with Crippen molar-refractivity contribution < 1.29 is 4.74 Å². The van der Waals surface area contributed by atoms with Gasteiger partial charge in [-0.25, -0.2) is 9.97 Å². The summed E-state index contributed by atoms with van der Waals surface area (Å²) < 4.78 is 5.42. The molecule has 0 bridgehead atoms. The average Bonchev–Trinajstić information content (AvgIpc) is 2.75. The molecule has 139 valence electrons. The van der Waals surface area contributed by atoms with Gasteiger partial charge >= 0.3 is 0 Å². The van der Waals surface area contributed by atoms with Crippen LogP contribution in [0.15, 0.2) is 54.7 Å². The molecule has 0 atom stereocenters. The summed E-state index contributed by atoms with van der Waals surface area (Å²) in [5, 5.41) is 12.3. The second-order valence-corrected chi connectivity index (χ2v) is 6.53. The van der Waals surface area contributed by atoms with Crippen LogP contribution < -0.4 is 10.2 Å². The van der Waals surface area contributed by atoms with Crippen molar-refractivity contribution in [2.45, 2.75) is 0 Å². The minimum Gasteiger partial charge on any atom is -0.378 e. The summed E-state index contributed by atoms with van der Waals surface area (Å²) >= 11 is 0. The Labute approximate surface area is 164 Å². The predicted molar refractivity (Wildman–Crippen MR) is 109 cm³/mol. The number of hydrogen-bond donors (Lipinski definition) is 1. The van der Waals surface area contributed by atoms with Crippen LogP contribution in [0.2, 0.25) is 0 Å². The molecule has 4 rings (SSSR count). The van der Waals surface area contributed by atoms with E-state index in [-0.39, 0.29) is 0 Å². The Balaban J connectivity index is 1.54. The number of anilines is 3. The smallest absolute Gasteiger partial charge is 0.227 e. The lowest BCUT2D eigenvalue weighted by Gasteiger charge is -2.30. The number of aromatic nitrogens is 2. The maximum absolute atomic E-state index is 9.09. The Morgan fingerprint density at radius 2 is 1.96 bits per heavy atom. The fourth-order valence-corrected chi connectivity index (χ4v) is 3.23. The second kappa shape index (κ2) is 8.07. The molecular formula is C22H20N5O. The molecule has 6 heteroatoms. The van der Waals surface area contributed by atoms with E-state index in [1.54, 1.807) is 12.3 Å². The third-order valence-electron chi connectivity index (χ3n) is 4.63. The van der Waals surface area contributed by atoms with Gasteiger partial charge in [0.1, 0.15) is 0 Å². The molecule has 1 aliphatic heterocycles. The highest BCUT2D eigenvalue weighted by atomic mass is 16.5. The van der Waals surface area contributed by atoms with Crippen LogP contribution in [0.5, 0.6) is 0 Å². The third-order valence-corrected chi connectivity index (χ3v) is 4.63. The van der Waals surface area contributed by atoms with Crippen molar-refractivity contribution in [3.05, 3.63) is 72.8 Å². The van der Waals surface area contributed by atoms with E-state index in [0.717, 1.165) is 54.5 Å². The maximum Gasteiger partial charge on any atom is 0.227 e. The van der Waals surface area contributed by atoms with E-state index in [2.05, 4.69) is 39.2 Å². The standard InChI is InChI=1S/C22H20N5O/c1-16-13-19(5-6-21(16)27-9-11-28-12-10-27)25-22-24-8-7-20(26-22)18-4-2-3-17(14-18)15-23/h2-8,13-14H,1,9-12H2,(H,24,25,26). The summed E-state index contributed by atoms with van der Waals surface area (Å²) in [6, 6.07) is 17.4. The summed E-state index contributed by atoms with van der Waals surface area (Å²) in [6.45, 7) is 7.43. The van der Waals surface area contributed by atoms with E-state index in [1.165, 1.54) is 0 Å². The highest BCUT2D eigenvalue weighted by Gasteiger charge is 2.13. The summed E-state index contributed by atoms with van der Waals surface area (Å²) in [5.74, 6) is 0.499. The zero-order valence-corrected chi connectivity index (χ0v) is 15.4.